The highest BCUT2D eigenvalue weighted by atomic mass is 16.5. The van der Waals surface area contributed by atoms with E-state index >= 15 is 0 Å². The number of anilines is 1. The van der Waals surface area contributed by atoms with E-state index in [0.29, 0.717) is 24.3 Å². The largest absolute Gasteiger partial charge is 0.369 e. The molecule has 0 radical (unpaired) electrons. The van der Waals surface area contributed by atoms with Crippen LogP contribution in [0.5, 0.6) is 0 Å². The first-order valence-corrected chi connectivity index (χ1v) is 6.97. The summed E-state index contributed by atoms with van der Waals surface area (Å²) in [4.78, 5) is 23.2. The maximum Gasteiger partial charge on any atom is 0.281 e. The van der Waals surface area contributed by atoms with Gasteiger partial charge in [0.1, 0.15) is 6.61 Å². The lowest BCUT2D eigenvalue weighted by atomic mass is 10.1. The van der Waals surface area contributed by atoms with E-state index in [1.54, 1.807) is 0 Å². The van der Waals surface area contributed by atoms with Crippen molar-refractivity contribution in [3.8, 4) is 12.3 Å². The number of aromatic amines is 1. The molecule has 116 valence electrons. The number of ether oxygens (including phenoxy) is 1. The molecule has 0 unspecified atom stereocenters. The van der Waals surface area contributed by atoms with Gasteiger partial charge >= 0.3 is 0 Å². The zero-order valence-corrected chi connectivity index (χ0v) is 12.3. The van der Waals surface area contributed by atoms with Crippen LogP contribution in [0.4, 0.5) is 5.95 Å². The number of H-pyrrole nitrogens is 1. The van der Waals surface area contributed by atoms with E-state index in [1.807, 2.05) is 24.3 Å². The highest BCUT2D eigenvalue weighted by Crippen LogP contribution is 2.10. The molecule has 0 aliphatic carbocycles. The van der Waals surface area contributed by atoms with Crippen molar-refractivity contribution in [1.29, 1.82) is 0 Å². The van der Waals surface area contributed by atoms with Crippen LogP contribution in [0, 0.1) is 12.3 Å². The molecule has 3 N–H and O–H groups in total. The number of nitrogens with one attached hydrogen (secondary N) is 1. The second-order valence-electron chi connectivity index (χ2n) is 4.98. The van der Waals surface area contributed by atoms with Crippen LogP contribution in [0.15, 0.2) is 35.4 Å². The first kappa shape index (κ1) is 14.8. The molecule has 7 nitrogen and oxygen atoms in total. The number of nitrogens with two attached hydrogens (primary N) is 1. The number of hydrogen-bond acceptors (Lipinski definition) is 5. The molecule has 0 atom stereocenters. The van der Waals surface area contributed by atoms with Crippen LogP contribution in [-0.2, 0) is 17.9 Å². The van der Waals surface area contributed by atoms with Gasteiger partial charge in [-0.3, -0.25) is 9.36 Å². The number of hydrogen-bond donors (Lipinski definition) is 2. The average Bonchev–Trinajstić information content (AvgIpc) is 3.01. The van der Waals surface area contributed by atoms with Crippen molar-refractivity contribution in [3.05, 3.63) is 52.1 Å². The predicted molar refractivity (Wildman–Crippen MR) is 86.6 cm³/mol. The summed E-state index contributed by atoms with van der Waals surface area (Å²) >= 11 is 0. The van der Waals surface area contributed by atoms with E-state index in [1.165, 1.54) is 10.9 Å². The van der Waals surface area contributed by atoms with Crippen LogP contribution in [0.2, 0.25) is 0 Å². The van der Waals surface area contributed by atoms with Crippen molar-refractivity contribution >= 4 is 17.1 Å². The molecule has 0 aliphatic rings. The molecule has 0 amide bonds. The smallest absolute Gasteiger partial charge is 0.281 e. The van der Waals surface area contributed by atoms with Gasteiger partial charge in [-0.05, 0) is 11.1 Å². The maximum atomic E-state index is 12.4. The Kier molecular flexibility index (Phi) is 4.08. The monoisotopic (exact) mass is 309 g/mol. The van der Waals surface area contributed by atoms with Gasteiger partial charge in [0.15, 0.2) is 11.2 Å². The predicted octanol–water partition coefficient (Wildman–Crippen LogP) is 0.900. The number of nitrogens with zero attached hydrogens (tertiary/aromatic N) is 3. The number of terminal acetylenes is 1. The summed E-state index contributed by atoms with van der Waals surface area (Å²) in [6, 6.07) is 7.68. The molecule has 2 aromatic heterocycles. The van der Waals surface area contributed by atoms with Crippen molar-refractivity contribution in [2.75, 3.05) is 12.3 Å². The van der Waals surface area contributed by atoms with Gasteiger partial charge in [0, 0.05) is 0 Å². The first-order valence-electron chi connectivity index (χ1n) is 6.97. The van der Waals surface area contributed by atoms with Gasteiger partial charge in [0.25, 0.3) is 5.56 Å². The van der Waals surface area contributed by atoms with Gasteiger partial charge in [-0.1, -0.05) is 30.2 Å². The topological polar surface area (TPSA) is 98.8 Å². The second-order valence-corrected chi connectivity index (χ2v) is 4.98. The van der Waals surface area contributed by atoms with Crippen LogP contribution in [0.3, 0.4) is 0 Å². The number of imidazole rings is 1. The summed E-state index contributed by atoms with van der Waals surface area (Å²) in [5.74, 6) is 2.55. The fraction of sp³-hybridized carbons (Fsp3) is 0.188. The standard InChI is InChI=1S/C16H15N5O2/c1-2-7-23-9-12-5-3-11(4-6-12)8-21-15(22)13-14(19-10-18-13)20-16(21)17/h1,3-6,10H,7-9H2,(H2,17,20)(H,18,19). The second kappa shape index (κ2) is 6.34. The van der Waals surface area contributed by atoms with Gasteiger partial charge in [-0.15, -0.1) is 6.42 Å². The Bertz CT molecular complexity index is 918. The lowest BCUT2D eigenvalue weighted by Gasteiger charge is -2.09. The Labute approximate surface area is 132 Å². The van der Waals surface area contributed by atoms with Gasteiger partial charge < -0.3 is 15.5 Å². The fourth-order valence-electron chi connectivity index (χ4n) is 2.24. The molecular formula is C16H15N5O2. The van der Waals surface area contributed by atoms with E-state index in [2.05, 4.69) is 20.9 Å². The first-order chi connectivity index (χ1) is 11.2. The molecular weight excluding hydrogens is 294 g/mol. The molecule has 0 saturated carbocycles. The molecule has 23 heavy (non-hydrogen) atoms. The zero-order valence-electron chi connectivity index (χ0n) is 12.3. The van der Waals surface area contributed by atoms with Crippen LogP contribution < -0.4 is 11.3 Å². The fourth-order valence-corrected chi connectivity index (χ4v) is 2.24. The van der Waals surface area contributed by atoms with Crippen molar-refractivity contribution in [1.82, 2.24) is 19.5 Å². The Balaban J connectivity index is 1.82. The zero-order chi connectivity index (χ0) is 16.2. The molecule has 0 aliphatic heterocycles. The summed E-state index contributed by atoms with van der Waals surface area (Å²) in [5, 5.41) is 0. The number of fused-ring (bicyclic) bond motifs is 1. The maximum absolute atomic E-state index is 12.4. The molecule has 2 heterocycles. The summed E-state index contributed by atoms with van der Waals surface area (Å²) in [6.07, 6.45) is 6.56. The van der Waals surface area contributed by atoms with E-state index < -0.39 is 0 Å². The van der Waals surface area contributed by atoms with Crippen LogP contribution >= 0.6 is 0 Å². The number of aromatic nitrogens is 4. The quantitative estimate of drug-likeness (QED) is 0.539. The third-order valence-electron chi connectivity index (χ3n) is 3.39. The summed E-state index contributed by atoms with van der Waals surface area (Å²) in [5.41, 5.74) is 8.23. The molecule has 0 bridgehead atoms. The highest BCUT2D eigenvalue weighted by molar-refractivity contribution is 5.69. The Morgan fingerprint density at radius 1 is 1.30 bits per heavy atom. The van der Waals surface area contributed by atoms with E-state index in [9.17, 15) is 4.79 Å². The minimum absolute atomic E-state index is 0.135. The molecule has 0 fully saturated rings. The molecule has 1 aromatic carbocycles. The van der Waals surface area contributed by atoms with Crippen molar-refractivity contribution in [2.45, 2.75) is 13.2 Å². The molecule has 0 saturated heterocycles. The number of benzene rings is 1. The van der Waals surface area contributed by atoms with E-state index in [4.69, 9.17) is 16.9 Å². The average molecular weight is 309 g/mol. The molecule has 0 spiro atoms. The lowest BCUT2D eigenvalue weighted by molar-refractivity contribution is 0.153. The Hall–Kier alpha value is -3.11. The molecule has 3 rings (SSSR count). The van der Waals surface area contributed by atoms with Crippen LogP contribution in [-0.4, -0.2) is 26.1 Å². The van der Waals surface area contributed by atoms with Gasteiger partial charge in [0.2, 0.25) is 5.95 Å². The summed E-state index contributed by atoms with van der Waals surface area (Å²) in [6.45, 7) is 1.07. The Morgan fingerprint density at radius 2 is 2.04 bits per heavy atom. The molecule has 3 aromatic rings. The van der Waals surface area contributed by atoms with Gasteiger partial charge in [0.05, 0.1) is 19.5 Å². The number of rotatable bonds is 5. The lowest BCUT2D eigenvalue weighted by Crippen LogP contribution is -2.25. The van der Waals surface area contributed by atoms with Gasteiger partial charge in [-0.25, -0.2) is 4.98 Å². The highest BCUT2D eigenvalue weighted by Gasteiger charge is 2.10. The van der Waals surface area contributed by atoms with E-state index in [0.717, 1.165) is 11.1 Å². The third kappa shape index (κ3) is 3.07. The third-order valence-corrected chi connectivity index (χ3v) is 3.39. The van der Waals surface area contributed by atoms with E-state index in [-0.39, 0.29) is 18.1 Å². The normalized spacial score (nSPS) is 10.7. The van der Waals surface area contributed by atoms with Crippen molar-refractivity contribution < 1.29 is 4.74 Å². The van der Waals surface area contributed by atoms with Crippen LogP contribution in [0.25, 0.3) is 11.2 Å². The van der Waals surface area contributed by atoms with Gasteiger partial charge in [-0.2, -0.15) is 4.98 Å². The minimum Gasteiger partial charge on any atom is -0.369 e. The van der Waals surface area contributed by atoms with Crippen molar-refractivity contribution in [2.24, 2.45) is 0 Å². The molecule has 7 heteroatoms. The SMILES string of the molecule is C#CCOCc1ccc(Cn2c(N)nc3nc[nH]c3c2=O)cc1. The summed E-state index contributed by atoms with van der Waals surface area (Å²) < 4.78 is 6.68. The summed E-state index contributed by atoms with van der Waals surface area (Å²) in [7, 11) is 0. The number of nitrogen functional groups attached to an aromatic ring is 1. The minimum atomic E-state index is -0.244. The van der Waals surface area contributed by atoms with Crippen LogP contribution in [0.1, 0.15) is 11.1 Å². The Morgan fingerprint density at radius 3 is 2.78 bits per heavy atom. The van der Waals surface area contributed by atoms with Crippen molar-refractivity contribution in [3.63, 3.8) is 0 Å².